The summed E-state index contributed by atoms with van der Waals surface area (Å²) in [6.45, 7) is 0. The van der Waals surface area contributed by atoms with Crippen LogP contribution in [0.1, 0.15) is 10.4 Å². The van der Waals surface area contributed by atoms with Crippen LogP contribution in [0.25, 0.3) is 10.8 Å². The third-order valence-electron chi connectivity index (χ3n) is 3.43. The third kappa shape index (κ3) is 1.76. The smallest absolute Gasteiger partial charge is 0.264 e. The van der Waals surface area contributed by atoms with Crippen molar-refractivity contribution in [2.24, 2.45) is 0 Å². The Morgan fingerprint density at radius 2 is 2.00 bits per heavy atom. The van der Waals surface area contributed by atoms with E-state index >= 15 is 0 Å². The van der Waals surface area contributed by atoms with E-state index in [2.05, 4.69) is 25.2 Å². The van der Waals surface area contributed by atoms with Crippen LogP contribution in [0.3, 0.4) is 0 Å². The summed E-state index contributed by atoms with van der Waals surface area (Å²) in [6.07, 6.45) is 1.20. The monoisotopic (exact) mass is 315 g/mol. The van der Waals surface area contributed by atoms with Crippen molar-refractivity contribution in [3.63, 3.8) is 0 Å². The van der Waals surface area contributed by atoms with Gasteiger partial charge >= 0.3 is 0 Å². The fourth-order valence-corrected chi connectivity index (χ4v) is 3.70. The van der Waals surface area contributed by atoms with Gasteiger partial charge in [0.2, 0.25) is 5.95 Å². The molecule has 1 aromatic heterocycles. The molecule has 0 fully saturated rings. The van der Waals surface area contributed by atoms with E-state index in [9.17, 15) is 13.2 Å². The van der Waals surface area contributed by atoms with Gasteiger partial charge in [0.1, 0.15) is 6.33 Å². The maximum atomic E-state index is 12.5. The largest absolute Gasteiger partial charge is 0.321 e. The van der Waals surface area contributed by atoms with Crippen molar-refractivity contribution in [2.45, 2.75) is 4.90 Å². The molecule has 0 spiro atoms. The second-order valence-corrected chi connectivity index (χ2v) is 6.38. The molecule has 0 radical (unpaired) electrons. The summed E-state index contributed by atoms with van der Waals surface area (Å²) < 4.78 is 27.4. The number of aromatic nitrogens is 3. The van der Waals surface area contributed by atoms with E-state index < -0.39 is 10.0 Å². The Labute approximate surface area is 124 Å². The van der Waals surface area contributed by atoms with E-state index in [1.807, 2.05) is 0 Å². The molecule has 1 aliphatic rings. The number of sulfonamides is 1. The Morgan fingerprint density at radius 1 is 1.14 bits per heavy atom. The van der Waals surface area contributed by atoms with Gasteiger partial charge in [0.05, 0.1) is 4.90 Å². The van der Waals surface area contributed by atoms with Gasteiger partial charge < -0.3 is 5.32 Å². The summed E-state index contributed by atoms with van der Waals surface area (Å²) in [5.74, 6) is -0.212. The van der Waals surface area contributed by atoms with Gasteiger partial charge in [-0.15, -0.1) is 0 Å². The highest BCUT2D eigenvalue weighted by molar-refractivity contribution is 7.93. The predicted molar refractivity (Wildman–Crippen MR) is 79.1 cm³/mol. The van der Waals surface area contributed by atoms with E-state index in [1.165, 1.54) is 12.4 Å². The molecule has 0 unspecified atom stereocenters. The standard InChI is InChI=1S/C13H9N5O3S/c19-12-8-3-1-2-7-10(5-4-9(16-12)11(7)8)22(20,21)18-13-14-6-15-17-13/h1-6H,(H,16,19)(H2,14,15,17,18). The number of anilines is 2. The van der Waals surface area contributed by atoms with Crippen LogP contribution in [0.2, 0.25) is 0 Å². The highest BCUT2D eigenvalue weighted by Crippen LogP contribution is 2.36. The lowest BCUT2D eigenvalue weighted by molar-refractivity contribution is 0.103. The van der Waals surface area contributed by atoms with Crippen molar-refractivity contribution in [2.75, 3.05) is 10.0 Å². The number of rotatable bonds is 3. The highest BCUT2D eigenvalue weighted by atomic mass is 32.2. The topological polar surface area (TPSA) is 117 Å². The Hall–Kier alpha value is -2.94. The zero-order chi connectivity index (χ0) is 15.3. The first-order valence-electron chi connectivity index (χ1n) is 6.31. The lowest BCUT2D eigenvalue weighted by atomic mass is 10.1. The lowest BCUT2D eigenvalue weighted by Gasteiger charge is -2.09. The fourth-order valence-electron chi connectivity index (χ4n) is 2.53. The van der Waals surface area contributed by atoms with E-state index in [1.54, 1.807) is 24.3 Å². The predicted octanol–water partition coefficient (Wildman–Crippen LogP) is 1.32. The Morgan fingerprint density at radius 3 is 2.77 bits per heavy atom. The number of H-pyrrole nitrogens is 1. The van der Waals surface area contributed by atoms with Crippen LogP contribution in [-0.4, -0.2) is 29.5 Å². The number of carbonyl (C=O) groups is 1. The zero-order valence-corrected chi connectivity index (χ0v) is 11.8. The first-order chi connectivity index (χ1) is 10.6. The molecule has 0 aliphatic carbocycles. The molecule has 0 saturated heterocycles. The minimum Gasteiger partial charge on any atom is -0.321 e. The van der Waals surface area contributed by atoms with Crippen LogP contribution < -0.4 is 10.0 Å². The van der Waals surface area contributed by atoms with E-state index in [0.717, 1.165) is 0 Å². The second-order valence-electron chi connectivity index (χ2n) is 4.73. The molecule has 9 heteroatoms. The molecule has 1 amide bonds. The maximum Gasteiger partial charge on any atom is 0.264 e. The van der Waals surface area contributed by atoms with Gasteiger partial charge in [-0.2, -0.15) is 10.1 Å². The number of benzene rings is 2. The van der Waals surface area contributed by atoms with Gasteiger partial charge in [-0.05, 0) is 18.2 Å². The van der Waals surface area contributed by atoms with Crippen molar-refractivity contribution in [1.82, 2.24) is 15.2 Å². The van der Waals surface area contributed by atoms with Crippen LogP contribution in [-0.2, 0) is 10.0 Å². The average Bonchev–Trinajstić information content (AvgIpc) is 3.09. The SMILES string of the molecule is O=C1Nc2ccc(S(=O)(=O)Nc3ncn[nH]3)c3cccc1c23. The molecule has 0 bridgehead atoms. The molecule has 3 aromatic rings. The molecule has 0 atom stereocenters. The second kappa shape index (κ2) is 4.28. The molecule has 4 rings (SSSR count). The Balaban J connectivity index is 1.94. The Kier molecular flexibility index (Phi) is 2.48. The van der Waals surface area contributed by atoms with Gasteiger partial charge in [0.25, 0.3) is 15.9 Å². The molecule has 110 valence electrons. The summed E-state index contributed by atoms with van der Waals surface area (Å²) in [4.78, 5) is 15.7. The van der Waals surface area contributed by atoms with Crippen molar-refractivity contribution in [1.29, 1.82) is 0 Å². The van der Waals surface area contributed by atoms with Gasteiger partial charge in [-0.1, -0.05) is 12.1 Å². The average molecular weight is 315 g/mol. The molecule has 1 aliphatic heterocycles. The van der Waals surface area contributed by atoms with Crippen LogP contribution in [0, 0.1) is 0 Å². The van der Waals surface area contributed by atoms with Crippen LogP contribution in [0.15, 0.2) is 41.6 Å². The summed E-state index contributed by atoms with van der Waals surface area (Å²) >= 11 is 0. The van der Waals surface area contributed by atoms with Gasteiger partial charge in [0, 0.05) is 22.0 Å². The molecule has 0 saturated carbocycles. The number of hydrogen-bond acceptors (Lipinski definition) is 5. The maximum absolute atomic E-state index is 12.5. The van der Waals surface area contributed by atoms with Crippen LogP contribution in [0.5, 0.6) is 0 Å². The highest BCUT2D eigenvalue weighted by Gasteiger charge is 2.26. The number of amides is 1. The van der Waals surface area contributed by atoms with E-state index in [-0.39, 0.29) is 16.8 Å². The van der Waals surface area contributed by atoms with Gasteiger partial charge in [0.15, 0.2) is 0 Å². The molecule has 2 aromatic carbocycles. The molecule has 22 heavy (non-hydrogen) atoms. The summed E-state index contributed by atoms with van der Waals surface area (Å²) in [5.41, 5.74) is 1.07. The van der Waals surface area contributed by atoms with Crippen molar-refractivity contribution in [3.8, 4) is 0 Å². The van der Waals surface area contributed by atoms with E-state index in [4.69, 9.17) is 0 Å². The van der Waals surface area contributed by atoms with Crippen molar-refractivity contribution in [3.05, 3.63) is 42.2 Å². The lowest BCUT2D eigenvalue weighted by Crippen LogP contribution is -2.14. The number of carbonyl (C=O) groups excluding carboxylic acids is 1. The number of nitrogens with zero attached hydrogens (tertiary/aromatic N) is 2. The van der Waals surface area contributed by atoms with Crippen LogP contribution >= 0.6 is 0 Å². The molecule has 2 heterocycles. The summed E-state index contributed by atoms with van der Waals surface area (Å²) in [7, 11) is -3.86. The molecule has 3 N–H and O–H groups in total. The fraction of sp³-hybridized carbons (Fsp3) is 0. The first-order valence-corrected chi connectivity index (χ1v) is 7.80. The van der Waals surface area contributed by atoms with Gasteiger partial charge in [-0.3, -0.25) is 4.79 Å². The molecular weight excluding hydrogens is 306 g/mol. The normalized spacial score (nSPS) is 13.4. The first kappa shape index (κ1) is 12.8. The van der Waals surface area contributed by atoms with Crippen molar-refractivity contribution < 1.29 is 13.2 Å². The number of aromatic amines is 1. The minimum absolute atomic E-state index is 0.0254. The summed E-state index contributed by atoms with van der Waals surface area (Å²) in [5, 5.41) is 9.82. The number of nitrogens with one attached hydrogen (secondary N) is 3. The molecular formula is C13H9N5O3S. The molecule has 8 nitrogen and oxygen atoms in total. The number of hydrogen-bond donors (Lipinski definition) is 3. The Bertz CT molecular complexity index is 1010. The summed E-state index contributed by atoms with van der Waals surface area (Å²) in [6, 6.07) is 8.00. The third-order valence-corrected chi connectivity index (χ3v) is 4.83. The van der Waals surface area contributed by atoms with Gasteiger partial charge in [-0.25, -0.2) is 18.2 Å². The van der Waals surface area contributed by atoms with Crippen LogP contribution in [0.4, 0.5) is 11.6 Å². The quantitative estimate of drug-likeness (QED) is 0.674. The van der Waals surface area contributed by atoms with E-state index in [0.29, 0.717) is 22.0 Å². The minimum atomic E-state index is -3.86. The zero-order valence-electron chi connectivity index (χ0n) is 11.0. The van der Waals surface area contributed by atoms with Crippen molar-refractivity contribution >= 4 is 38.3 Å².